The summed E-state index contributed by atoms with van der Waals surface area (Å²) in [5.41, 5.74) is 6.58. The number of nitrogens with zero attached hydrogens (tertiary/aromatic N) is 4. The van der Waals surface area contributed by atoms with Crippen molar-refractivity contribution >= 4 is 5.82 Å². The summed E-state index contributed by atoms with van der Waals surface area (Å²) < 4.78 is 6.85. The lowest BCUT2D eigenvalue weighted by Crippen LogP contribution is -1.98. The Bertz CT molecular complexity index is 524. The number of nitrogens with two attached hydrogens (primary N) is 1. The molecule has 2 N–H and O–H groups in total. The molecular formula is C11H15N5O. The van der Waals surface area contributed by atoms with Gasteiger partial charge in [0.15, 0.2) is 5.82 Å². The van der Waals surface area contributed by atoms with Gasteiger partial charge in [0.05, 0.1) is 6.20 Å². The molecule has 2 heterocycles. The van der Waals surface area contributed by atoms with Crippen molar-refractivity contribution in [2.24, 2.45) is 7.05 Å². The molecule has 0 amide bonds. The molecule has 3 rings (SSSR count). The highest BCUT2D eigenvalue weighted by Crippen LogP contribution is 2.33. The summed E-state index contributed by atoms with van der Waals surface area (Å²) in [7, 11) is 1.78. The van der Waals surface area contributed by atoms with Crippen LogP contribution in [0.3, 0.4) is 0 Å². The average Bonchev–Trinajstić information content (AvgIpc) is 3.01. The van der Waals surface area contributed by atoms with Gasteiger partial charge in [-0.25, -0.2) is 0 Å². The van der Waals surface area contributed by atoms with Crippen molar-refractivity contribution in [3.63, 3.8) is 0 Å². The fraction of sp³-hybridized carbons (Fsp3) is 0.545. The highest BCUT2D eigenvalue weighted by molar-refractivity contribution is 5.66. The molecule has 17 heavy (non-hydrogen) atoms. The summed E-state index contributed by atoms with van der Waals surface area (Å²) >= 11 is 0. The zero-order valence-corrected chi connectivity index (χ0v) is 9.76. The number of aryl methyl sites for hydroxylation is 1. The van der Waals surface area contributed by atoms with Gasteiger partial charge in [0.2, 0.25) is 0 Å². The molecule has 0 unspecified atom stereocenters. The Labute approximate surface area is 98.8 Å². The Balaban J connectivity index is 1.91. The number of anilines is 1. The third-order valence-corrected chi connectivity index (χ3v) is 3.38. The van der Waals surface area contributed by atoms with Gasteiger partial charge in [0.25, 0.3) is 5.89 Å². The van der Waals surface area contributed by atoms with E-state index < -0.39 is 0 Å². The van der Waals surface area contributed by atoms with Crippen LogP contribution in [-0.4, -0.2) is 19.9 Å². The summed E-state index contributed by atoms with van der Waals surface area (Å²) in [4.78, 5) is 4.43. The molecular weight excluding hydrogens is 218 g/mol. The molecule has 0 spiro atoms. The molecule has 0 atom stereocenters. The van der Waals surface area contributed by atoms with Gasteiger partial charge in [-0.1, -0.05) is 18.0 Å². The fourth-order valence-corrected chi connectivity index (χ4v) is 2.31. The lowest BCUT2D eigenvalue weighted by atomic mass is 10.1. The Morgan fingerprint density at radius 3 is 2.82 bits per heavy atom. The van der Waals surface area contributed by atoms with Gasteiger partial charge < -0.3 is 10.3 Å². The molecule has 1 aliphatic carbocycles. The highest BCUT2D eigenvalue weighted by atomic mass is 16.5. The van der Waals surface area contributed by atoms with E-state index in [0.29, 0.717) is 23.2 Å². The minimum atomic E-state index is 0.449. The average molecular weight is 233 g/mol. The normalized spacial score (nSPS) is 16.8. The van der Waals surface area contributed by atoms with E-state index in [9.17, 15) is 0 Å². The van der Waals surface area contributed by atoms with Crippen molar-refractivity contribution in [2.45, 2.75) is 31.6 Å². The van der Waals surface area contributed by atoms with E-state index in [2.05, 4.69) is 15.2 Å². The van der Waals surface area contributed by atoms with E-state index in [4.69, 9.17) is 10.3 Å². The van der Waals surface area contributed by atoms with Crippen molar-refractivity contribution in [2.75, 3.05) is 5.73 Å². The molecule has 1 saturated carbocycles. The molecule has 1 aliphatic rings. The van der Waals surface area contributed by atoms with Gasteiger partial charge >= 0.3 is 0 Å². The third kappa shape index (κ3) is 1.69. The van der Waals surface area contributed by atoms with Crippen LogP contribution in [0.5, 0.6) is 0 Å². The minimum absolute atomic E-state index is 0.449. The Kier molecular flexibility index (Phi) is 2.35. The monoisotopic (exact) mass is 233 g/mol. The number of hydrogen-bond acceptors (Lipinski definition) is 5. The Morgan fingerprint density at radius 1 is 1.41 bits per heavy atom. The Morgan fingerprint density at radius 2 is 2.18 bits per heavy atom. The van der Waals surface area contributed by atoms with Crippen molar-refractivity contribution < 1.29 is 4.52 Å². The van der Waals surface area contributed by atoms with Gasteiger partial charge in [0, 0.05) is 13.0 Å². The van der Waals surface area contributed by atoms with Crippen LogP contribution in [0.4, 0.5) is 5.82 Å². The molecule has 0 bridgehead atoms. The quantitative estimate of drug-likeness (QED) is 0.853. The van der Waals surface area contributed by atoms with E-state index in [1.807, 2.05) is 0 Å². The van der Waals surface area contributed by atoms with Gasteiger partial charge in [-0.3, -0.25) is 4.68 Å². The molecule has 0 aliphatic heterocycles. The zero-order chi connectivity index (χ0) is 11.8. The van der Waals surface area contributed by atoms with E-state index in [1.54, 1.807) is 17.9 Å². The molecule has 0 radical (unpaired) electrons. The fourth-order valence-electron chi connectivity index (χ4n) is 2.31. The maximum Gasteiger partial charge on any atom is 0.263 e. The van der Waals surface area contributed by atoms with E-state index in [-0.39, 0.29) is 0 Å². The summed E-state index contributed by atoms with van der Waals surface area (Å²) in [6, 6.07) is 0. The van der Waals surface area contributed by atoms with Crippen LogP contribution < -0.4 is 5.73 Å². The molecule has 6 heteroatoms. The second-order valence-electron chi connectivity index (χ2n) is 4.51. The molecule has 0 saturated heterocycles. The van der Waals surface area contributed by atoms with Crippen LogP contribution in [-0.2, 0) is 7.05 Å². The first-order valence-electron chi connectivity index (χ1n) is 5.87. The largest absolute Gasteiger partial charge is 0.383 e. The first kappa shape index (κ1) is 10.3. The summed E-state index contributed by atoms with van der Waals surface area (Å²) in [5.74, 6) is 2.27. The number of nitrogen functional groups attached to an aromatic ring is 1. The van der Waals surface area contributed by atoms with Gasteiger partial charge in [0.1, 0.15) is 11.4 Å². The van der Waals surface area contributed by atoms with Crippen molar-refractivity contribution in [3.8, 4) is 11.5 Å². The van der Waals surface area contributed by atoms with Crippen LogP contribution >= 0.6 is 0 Å². The second-order valence-corrected chi connectivity index (χ2v) is 4.51. The van der Waals surface area contributed by atoms with Crippen LogP contribution in [0.15, 0.2) is 10.7 Å². The summed E-state index contributed by atoms with van der Waals surface area (Å²) in [6.07, 6.45) is 6.47. The van der Waals surface area contributed by atoms with Crippen molar-refractivity contribution in [1.82, 2.24) is 19.9 Å². The lowest BCUT2D eigenvalue weighted by Gasteiger charge is -1.99. The zero-order valence-electron chi connectivity index (χ0n) is 9.76. The second kappa shape index (κ2) is 3.87. The van der Waals surface area contributed by atoms with E-state index in [1.165, 1.54) is 12.8 Å². The molecule has 1 fully saturated rings. The van der Waals surface area contributed by atoms with E-state index >= 15 is 0 Å². The van der Waals surface area contributed by atoms with Gasteiger partial charge in [-0.05, 0) is 12.8 Å². The van der Waals surface area contributed by atoms with E-state index in [0.717, 1.165) is 18.7 Å². The van der Waals surface area contributed by atoms with Crippen molar-refractivity contribution in [1.29, 1.82) is 0 Å². The number of aromatic nitrogens is 4. The van der Waals surface area contributed by atoms with Crippen molar-refractivity contribution in [3.05, 3.63) is 12.0 Å². The first-order valence-corrected chi connectivity index (χ1v) is 5.87. The maximum absolute atomic E-state index is 5.87. The molecule has 6 nitrogen and oxygen atoms in total. The summed E-state index contributed by atoms with van der Waals surface area (Å²) in [5, 5.41) is 8.11. The highest BCUT2D eigenvalue weighted by Gasteiger charge is 2.23. The summed E-state index contributed by atoms with van der Waals surface area (Å²) in [6.45, 7) is 0. The van der Waals surface area contributed by atoms with Gasteiger partial charge in [-0.15, -0.1) is 0 Å². The maximum atomic E-state index is 5.87. The molecule has 90 valence electrons. The van der Waals surface area contributed by atoms with Gasteiger partial charge in [-0.2, -0.15) is 10.1 Å². The first-order chi connectivity index (χ1) is 8.25. The third-order valence-electron chi connectivity index (χ3n) is 3.38. The predicted octanol–water partition coefficient (Wildman–Crippen LogP) is 1.71. The van der Waals surface area contributed by atoms with Crippen LogP contribution in [0, 0.1) is 0 Å². The molecule has 2 aromatic rings. The lowest BCUT2D eigenvalue weighted by molar-refractivity contribution is 0.416. The standard InChI is InChI=1S/C11H15N5O/c1-16-9(12)8(6-13-16)11-14-10(15-17-11)7-4-2-3-5-7/h6-7H,2-5,12H2,1H3. The minimum Gasteiger partial charge on any atom is -0.383 e. The topological polar surface area (TPSA) is 82.8 Å². The van der Waals surface area contributed by atoms with Crippen LogP contribution in [0.1, 0.15) is 37.4 Å². The Hall–Kier alpha value is -1.85. The number of rotatable bonds is 2. The molecule has 2 aromatic heterocycles. The predicted molar refractivity (Wildman–Crippen MR) is 62.1 cm³/mol. The van der Waals surface area contributed by atoms with Crippen LogP contribution in [0.2, 0.25) is 0 Å². The smallest absolute Gasteiger partial charge is 0.263 e. The molecule has 0 aromatic carbocycles. The van der Waals surface area contributed by atoms with Crippen LogP contribution in [0.25, 0.3) is 11.5 Å². The SMILES string of the molecule is Cn1ncc(-c2nc(C3CCCC3)no2)c1N. The number of hydrogen-bond donors (Lipinski definition) is 1.